The molecule has 2 atom stereocenters. The Kier molecular flexibility index (Phi) is 6.39. The molecular formula is C20H18O5S2. The average Bonchev–Trinajstić information content (AvgIpc) is 2.70. The van der Waals surface area contributed by atoms with Gasteiger partial charge in [0.25, 0.3) is 0 Å². The standard InChI is InChI=1S/C20H18O5S2/c1-15-3-11-20(12-4-15)27(22)25-18-7-5-16(6-8-18)24-17-9-13-19(14-10-17)26(21)23-2/h3-14H,1-2H3. The van der Waals surface area contributed by atoms with E-state index in [1.54, 1.807) is 60.7 Å². The smallest absolute Gasteiger partial charge is 0.240 e. The summed E-state index contributed by atoms with van der Waals surface area (Å²) in [5.74, 6) is 1.68. The van der Waals surface area contributed by atoms with Crippen molar-refractivity contribution in [3.8, 4) is 17.2 Å². The molecule has 3 aromatic rings. The minimum atomic E-state index is -1.58. The Balaban J connectivity index is 1.62. The van der Waals surface area contributed by atoms with Gasteiger partial charge in [0.1, 0.15) is 17.2 Å². The van der Waals surface area contributed by atoms with Crippen LogP contribution in [-0.2, 0) is 26.3 Å². The third-order valence-corrected chi connectivity index (χ3v) is 5.57. The van der Waals surface area contributed by atoms with E-state index in [1.807, 2.05) is 19.1 Å². The van der Waals surface area contributed by atoms with E-state index >= 15 is 0 Å². The Labute approximate surface area is 163 Å². The maximum absolute atomic E-state index is 12.2. The fourth-order valence-electron chi connectivity index (χ4n) is 2.20. The molecule has 0 N–H and O–H groups in total. The molecule has 0 heterocycles. The molecule has 0 aliphatic carbocycles. The Morgan fingerprint density at radius 2 is 1.07 bits per heavy atom. The van der Waals surface area contributed by atoms with Gasteiger partial charge in [-0.25, -0.2) is 8.42 Å². The average molecular weight is 402 g/mol. The first-order valence-corrected chi connectivity index (χ1v) is 10.2. The summed E-state index contributed by atoms with van der Waals surface area (Å²) < 4.78 is 39.7. The van der Waals surface area contributed by atoms with Crippen LogP contribution in [0.3, 0.4) is 0 Å². The van der Waals surface area contributed by atoms with Crippen molar-refractivity contribution >= 4 is 22.2 Å². The number of benzene rings is 3. The molecule has 0 aliphatic heterocycles. The summed E-state index contributed by atoms with van der Waals surface area (Å²) in [5.41, 5.74) is 1.10. The molecule has 0 saturated heterocycles. The van der Waals surface area contributed by atoms with Crippen molar-refractivity contribution in [3.05, 3.63) is 78.4 Å². The van der Waals surface area contributed by atoms with Crippen molar-refractivity contribution in [2.45, 2.75) is 16.7 Å². The second kappa shape index (κ2) is 8.94. The highest BCUT2D eigenvalue weighted by Gasteiger charge is 2.07. The van der Waals surface area contributed by atoms with Crippen LogP contribution in [-0.4, -0.2) is 15.5 Å². The summed E-state index contributed by atoms with van der Waals surface area (Å²) in [6.07, 6.45) is 0. The van der Waals surface area contributed by atoms with Gasteiger partial charge in [0.05, 0.1) is 16.9 Å². The van der Waals surface area contributed by atoms with Gasteiger partial charge < -0.3 is 8.92 Å². The second-order valence-corrected chi connectivity index (χ2v) is 7.96. The van der Waals surface area contributed by atoms with Crippen molar-refractivity contribution in [3.63, 3.8) is 0 Å². The van der Waals surface area contributed by atoms with Crippen LogP contribution in [0.15, 0.2) is 82.6 Å². The Morgan fingerprint density at radius 3 is 1.63 bits per heavy atom. The van der Waals surface area contributed by atoms with Gasteiger partial charge in [0, 0.05) is 0 Å². The predicted molar refractivity (Wildman–Crippen MR) is 105 cm³/mol. The Bertz CT molecular complexity index is 936. The van der Waals surface area contributed by atoms with Crippen LogP contribution in [0.5, 0.6) is 17.2 Å². The molecule has 7 heteroatoms. The molecule has 0 saturated carbocycles. The van der Waals surface area contributed by atoms with Crippen LogP contribution < -0.4 is 8.92 Å². The maximum atomic E-state index is 12.2. The van der Waals surface area contributed by atoms with E-state index in [1.165, 1.54) is 7.11 Å². The van der Waals surface area contributed by atoms with Crippen molar-refractivity contribution < 1.29 is 21.5 Å². The summed E-state index contributed by atoms with van der Waals surface area (Å²) in [5, 5.41) is 0. The monoisotopic (exact) mass is 402 g/mol. The highest BCUT2D eigenvalue weighted by Crippen LogP contribution is 2.25. The SMILES string of the molecule is COS(=O)c1ccc(Oc2ccc(OS(=O)c3ccc(C)cc3)cc2)cc1. The van der Waals surface area contributed by atoms with E-state index < -0.39 is 22.2 Å². The zero-order chi connectivity index (χ0) is 19.2. The van der Waals surface area contributed by atoms with Crippen molar-refractivity contribution in [2.75, 3.05) is 7.11 Å². The minimum absolute atomic E-state index is 0.479. The quantitative estimate of drug-likeness (QED) is 0.580. The van der Waals surface area contributed by atoms with Gasteiger partial charge >= 0.3 is 0 Å². The molecule has 0 fully saturated rings. The number of hydrogen-bond donors (Lipinski definition) is 0. The molecule has 27 heavy (non-hydrogen) atoms. The number of hydrogen-bond acceptors (Lipinski definition) is 5. The van der Waals surface area contributed by atoms with Crippen LogP contribution in [0.25, 0.3) is 0 Å². The summed E-state index contributed by atoms with van der Waals surface area (Å²) in [4.78, 5) is 1.17. The van der Waals surface area contributed by atoms with E-state index in [9.17, 15) is 8.42 Å². The first kappa shape index (κ1) is 19.3. The van der Waals surface area contributed by atoms with Crippen LogP contribution in [0.2, 0.25) is 0 Å². The van der Waals surface area contributed by atoms with Crippen LogP contribution in [0.4, 0.5) is 0 Å². The van der Waals surface area contributed by atoms with E-state index in [2.05, 4.69) is 0 Å². The first-order chi connectivity index (χ1) is 13.0. The van der Waals surface area contributed by atoms with Gasteiger partial charge in [-0.3, -0.25) is 4.18 Å². The number of ether oxygens (including phenoxy) is 1. The lowest BCUT2D eigenvalue weighted by atomic mass is 10.2. The molecule has 0 radical (unpaired) electrons. The highest BCUT2D eigenvalue weighted by atomic mass is 32.2. The molecule has 5 nitrogen and oxygen atoms in total. The lowest BCUT2D eigenvalue weighted by Gasteiger charge is -2.08. The molecule has 0 aliphatic rings. The molecule has 0 bridgehead atoms. The third kappa shape index (κ3) is 5.26. The van der Waals surface area contributed by atoms with Crippen LogP contribution in [0, 0.1) is 6.92 Å². The van der Waals surface area contributed by atoms with Crippen LogP contribution >= 0.6 is 0 Å². The lowest BCUT2D eigenvalue weighted by Crippen LogP contribution is -2.00. The van der Waals surface area contributed by atoms with Gasteiger partial charge in [-0.2, -0.15) is 0 Å². The summed E-state index contributed by atoms with van der Waals surface area (Å²) in [6.45, 7) is 1.97. The fraction of sp³-hybridized carbons (Fsp3) is 0.100. The number of rotatable bonds is 7. The Hall–Kier alpha value is -2.48. The molecule has 0 aromatic heterocycles. The summed E-state index contributed by atoms with van der Waals surface area (Å²) >= 11 is -3.05. The van der Waals surface area contributed by atoms with Gasteiger partial charge in [0.2, 0.25) is 11.1 Å². The summed E-state index contributed by atoms with van der Waals surface area (Å²) in [6, 6.07) is 21.0. The molecule has 3 rings (SSSR count). The van der Waals surface area contributed by atoms with Gasteiger partial charge in [-0.15, -0.1) is 0 Å². The van der Waals surface area contributed by atoms with E-state index in [4.69, 9.17) is 13.1 Å². The van der Waals surface area contributed by atoms with Gasteiger partial charge in [-0.1, -0.05) is 17.7 Å². The molecule has 3 aromatic carbocycles. The molecule has 0 amide bonds. The normalized spacial score (nSPS) is 13.0. The lowest BCUT2D eigenvalue weighted by molar-refractivity contribution is 0.445. The topological polar surface area (TPSA) is 61.8 Å². The zero-order valence-electron chi connectivity index (χ0n) is 14.8. The maximum Gasteiger partial charge on any atom is 0.240 e. The Morgan fingerprint density at radius 1 is 0.630 bits per heavy atom. The van der Waals surface area contributed by atoms with E-state index in [0.29, 0.717) is 27.0 Å². The molecule has 2 unspecified atom stereocenters. The van der Waals surface area contributed by atoms with Crippen molar-refractivity contribution in [1.29, 1.82) is 0 Å². The predicted octanol–water partition coefficient (Wildman–Crippen LogP) is 4.56. The minimum Gasteiger partial charge on any atom is -0.457 e. The van der Waals surface area contributed by atoms with E-state index in [0.717, 1.165) is 5.56 Å². The largest absolute Gasteiger partial charge is 0.457 e. The van der Waals surface area contributed by atoms with Crippen molar-refractivity contribution in [2.24, 2.45) is 0 Å². The zero-order valence-corrected chi connectivity index (χ0v) is 16.4. The van der Waals surface area contributed by atoms with E-state index in [-0.39, 0.29) is 0 Å². The second-order valence-electron chi connectivity index (χ2n) is 5.58. The van der Waals surface area contributed by atoms with Crippen molar-refractivity contribution in [1.82, 2.24) is 0 Å². The molecule has 0 spiro atoms. The molecule has 140 valence electrons. The first-order valence-electron chi connectivity index (χ1n) is 8.06. The van der Waals surface area contributed by atoms with Crippen LogP contribution in [0.1, 0.15) is 5.56 Å². The third-order valence-electron chi connectivity index (χ3n) is 3.61. The highest BCUT2D eigenvalue weighted by molar-refractivity contribution is 7.80. The number of aryl methyl sites for hydroxylation is 1. The van der Waals surface area contributed by atoms with Gasteiger partial charge in [0.15, 0.2) is 11.1 Å². The van der Waals surface area contributed by atoms with Gasteiger partial charge in [-0.05, 0) is 67.6 Å². The summed E-state index contributed by atoms with van der Waals surface area (Å²) in [7, 11) is 1.38. The fourth-order valence-corrected chi connectivity index (χ4v) is 3.49. The molecular weight excluding hydrogens is 384 g/mol.